The van der Waals surface area contributed by atoms with Gasteiger partial charge >= 0.3 is 0 Å². The smallest absolute Gasteiger partial charge is 0.264 e. The van der Waals surface area contributed by atoms with Crippen LogP contribution in [0.2, 0.25) is 0 Å². The van der Waals surface area contributed by atoms with Crippen molar-refractivity contribution >= 4 is 27.3 Å². The van der Waals surface area contributed by atoms with E-state index in [0.717, 1.165) is 15.4 Å². The third-order valence-electron chi connectivity index (χ3n) is 4.65. The van der Waals surface area contributed by atoms with E-state index in [2.05, 4.69) is 5.32 Å². The van der Waals surface area contributed by atoms with E-state index in [1.807, 2.05) is 32.0 Å². The van der Waals surface area contributed by atoms with Crippen LogP contribution in [0.25, 0.3) is 0 Å². The highest BCUT2D eigenvalue weighted by Gasteiger charge is 2.27. The summed E-state index contributed by atoms with van der Waals surface area (Å²) >= 11 is 0. The van der Waals surface area contributed by atoms with E-state index in [4.69, 9.17) is 4.74 Å². The molecule has 1 amide bonds. The number of carbonyl (C=O) groups is 1. The second kappa shape index (κ2) is 9.00. The summed E-state index contributed by atoms with van der Waals surface area (Å²) in [5.74, 6) is 0.162. The van der Waals surface area contributed by atoms with Crippen LogP contribution in [-0.2, 0) is 14.8 Å². The van der Waals surface area contributed by atoms with Crippen LogP contribution in [0.15, 0.2) is 77.7 Å². The predicted octanol–water partition coefficient (Wildman–Crippen LogP) is 4.15. The Morgan fingerprint density at radius 2 is 1.63 bits per heavy atom. The van der Waals surface area contributed by atoms with Gasteiger partial charge in [-0.2, -0.15) is 0 Å². The molecule has 0 unspecified atom stereocenters. The number of aryl methyl sites for hydroxylation is 2. The zero-order valence-electron chi connectivity index (χ0n) is 17.1. The molecule has 0 atom stereocenters. The van der Waals surface area contributed by atoms with Crippen molar-refractivity contribution in [3.8, 4) is 5.75 Å². The first-order chi connectivity index (χ1) is 14.3. The van der Waals surface area contributed by atoms with Crippen molar-refractivity contribution in [3.63, 3.8) is 0 Å². The number of ether oxygens (including phenoxy) is 1. The molecule has 0 aliphatic heterocycles. The molecular weight excluding hydrogens is 400 g/mol. The van der Waals surface area contributed by atoms with Crippen LogP contribution in [0.4, 0.5) is 11.4 Å². The second-order valence-corrected chi connectivity index (χ2v) is 8.75. The molecule has 7 heteroatoms. The summed E-state index contributed by atoms with van der Waals surface area (Å²) in [5, 5.41) is 2.83. The molecule has 0 heterocycles. The largest absolute Gasteiger partial charge is 0.497 e. The summed E-state index contributed by atoms with van der Waals surface area (Å²) in [4.78, 5) is 12.9. The second-order valence-electron chi connectivity index (χ2n) is 6.89. The third kappa shape index (κ3) is 4.80. The Hall–Kier alpha value is -3.32. The van der Waals surface area contributed by atoms with Gasteiger partial charge in [0.05, 0.1) is 17.7 Å². The van der Waals surface area contributed by atoms with Gasteiger partial charge in [0.1, 0.15) is 12.3 Å². The summed E-state index contributed by atoms with van der Waals surface area (Å²) < 4.78 is 32.9. The molecule has 3 rings (SSSR count). The highest BCUT2D eigenvalue weighted by molar-refractivity contribution is 7.92. The molecule has 30 heavy (non-hydrogen) atoms. The topological polar surface area (TPSA) is 75.7 Å². The maximum absolute atomic E-state index is 13.3. The minimum Gasteiger partial charge on any atom is -0.497 e. The molecule has 3 aromatic carbocycles. The summed E-state index contributed by atoms with van der Waals surface area (Å²) in [7, 11) is -2.41. The number of rotatable bonds is 7. The Morgan fingerprint density at radius 3 is 2.27 bits per heavy atom. The van der Waals surface area contributed by atoms with Crippen molar-refractivity contribution in [2.45, 2.75) is 18.7 Å². The van der Waals surface area contributed by atoms with E-state index < -0.39 is 15.9 Å². The average molecular weight is 425 g/mol. The van der Waals surface area contributed by atoms with Gasteiger partial charge in [0, 0.05) is 5.69 Å². The zero-order valence-corrected chi connectivity index (χ0v) is 17.9. The quantitative estimate of drug-likeness (QED) is 0.618. The lowest BCUT2D eigenvalue weighted by Gasteiger charge is -2.24. The van der Waals surface area contributed by atoms with E-state index in [-0.39, 0.29) is 11.4 Å². The molecule has 1 N–H and O–H groups in total. The number of hydrogen-bond donors (Lipinski definition) is 1. The predicted molar refractivity (Wildman–Crippen MR) is 119 cm³/mol. The Morgan fingerprint density at radius 1 is 0.967 bits per heavy atom. The van der Waals surface area contributed by atoms with Crippen molar-refractivity contribution in [2.75, 3.05) is 23.3 Å². The zero-order chi connectivity index (χ0) is 21.7. The third-order valence-corrected chi connectivity index (χ3v) is 6.43. The van der Waals surface area contributed by atoms with Crippen LogP contribution in [-0.4, -0.2) is 28.0 Å². The summed E-state index contributed by atoms with van der Waals surface area (Å²) in [6.07, 6.45) is 0. The van der Waals surface area contributed by atoms with Crippen LogP contribution in [0.1, 0.15) is 11.1 Å². The van der Waals surface area contributed by atoms with Crippen molar-refractivity contribution in [1.29, 1.82) is 0 Å². The fourth-order valence-corrected chi connectivity index (χ4v) is 4.42. The first-order valence-electron chi connectivity index (χ1n) is 9.40. The molecule has 0 bridgehead atoms. The molecule has 0 fully saturated rings. The van der Waals surface area contributed by atoms with Crippen LogP contribution < -0.4 is 14.4 Å². The molecule has 3 aromatic rings. The molecule has 0 aliphatic carbocycles. The van der Waals surface area contributed by atoms with Crippen LogP contribution >= 0.6 is 0 Å². The van der Waals surface area contributed by atoms with Crippen molar-refractivity contribution < 1.29 is 17.9 Å². The minimum atomic E-state index is -3.95. The van der Waals surface area contributed by atoms with Gasteiger partial charge in [-0.1, -0.05) is 30.3 Å². The van der Waals surface area contributed by atoms with Crippen molar-refractivity contribution in [2.24, 2.45) is 0 Å². The van der Waals surface area contributed by atoms with Gasteiger partial charge in [-0.15, -0.1) is 0 Å². The van der Waals surface area contributed by atoms with E-state index in [0.29, 0.717) is 17.1 Å². The Balaban J connectivity index is 1.94. The SMILES string of the molecule is COc1ccc(N(CC(=O)Nc2cc(C)ccc2C)S(=O)(=O)c2ccccc2)cc1. The number of benzene rings is 3. The number of anilines is 2. The van der Waals surface area contributed by atoms with Gasteiger partial charge in [0.15, 0.2) is 0 Å². The first-order valence-corrected chi connectivity index (χ1v) is 10.8. The lowest BCUT2D eigenvalue weighted by molar-refractivity contribution is -0.114. The fraction of sp³-hybridized carbons (Fsp3) is 0.174. The van der Waals surface area contributed by atoms with Crippen molar-refractivity contribution in [3.05, 3.63) is 83.9 Å². The van der Waals surface area contributed by atoms with Gasteiger partial charge in [-0.05, 0) is 67.4 Å². The molecular formula is C23H24N2O4S. The first kappa shape index (κ1) is 21.4. The number of nitrogens with one attached hydrogen (secondary N) is 1. The van der Waals surface area contributed by atoms with Crippen LogP contribution in [0, 0.1) is 13.8 Å². The highest BCUT2D eigenvalue weighted by atomic mass is 32.2. The van der Waals surface area contributed by atoms with E-state index in [1.165, 1.54) is 19.2 Å². The number of amides is 1. The van der Waals surface area contributed by atoms with Gasteiger partial charge in [-0.3, -0.25) is 9.10 Å². The minimum absolute atomic E-state index is 0.111. The number of carbonyl (C=O) groups excluding carboxylic acids is 1. The Labute approximate surface area is 177 Å². The molecule has 0 aromatic heterocycles. The molecule has 156 valence electrons. The molecule has 0 saturated carbocycles. The van der Waals surface area contributed by atoms with E-state index in [9.17, 15) is 13.2 Å². The molecule has 6 nitrogen and oxygen atoms in total. The van der Waals surface area contributed by atoms with Crippen LogP contribution in [0.3, 0.4) is 0 Å². The summed E-state index contributed by atoms with van der Waals surface area (Å²) in [5.41, 5.74) is 2.93. The fourth-order valence-electron chi connectivity index (χ4n) is 2.97. The lowest BCUT2D eigenvalue weighted by Crippen LogP contribution is -2.38. The molecule has 0 spiro atoms. The Bertz CT molecular complexity index is 1130. The monoisotopic (exact) mass is 424 g/mol. The molecule has 0 aliphatic rings. The Kier molecular flexibility index (Phi) is 6.42. The number of sulfonamides is 1. The number of nitrogens with zero attached hydrogens (tertiary/aromatic N) is 1. The van der Waals surface area contributed by atoms with Gasteiger partial charge in [0.2, 0.25) is 5.91 Å². The summed E-state index contributed by atoms with van der Waals surface area (Å²) in [6, 6.07) is 20.3. The van der Waals surface area contributed by atoms with E-state index in [1.54, 1.807) is 42.5 Å². The van der Waals surface area contributed by atoms with Gasteiger partial charge in [0.25, 0.3) is 10.0 Å². The molecule has 0 radical (unpaired) electrons. The van der Waals surface area contributed by atoms with Gasteiger partial charge < -0.3 is 10.1 Å². The standard InChI is InChI=1S/C23H24N2O4S/c1-17-9-10-18(2)22(15-17)24-23(26)16-25(19-11-13-20(29-3)14-12-19)30(27,28)21-7-5-4-6-8-21/h4-15H,16H2,1-3H3,(H,24,26). The maximum atomic E-state index is 13.3. The lowest BCUT2D eigenvalue weighted by atomic mass is 10.1. The van der Waals surface area contributed by atoms with E-state index >= 15 is 0 Å². The van der Waals surface area contributed by atoms with Crippen molar-refractivity contribution in [1.82, 2.24) is 0 Å². The van der Waals surface area contributed by atoms with Gasteiger partial charge in [-0.25, -0.2) is 8.42 Å². The normalized spacial score (nSPS) is 11.0. The summed E-state index contributed by atoms with van der Waals surface area (Å²) in [6.45, 7) is 3.45. The maximum Gasteiger partial charge on any atom is 0.264 e. The number of methoxy groups -OCH3 is 1. The highest BCUT2D eigenvalue weighted by Crippen LogP contribution is 2.26. The van der Waals surface area contributed by atoms with Crippen LogP contribution in [0.5, 0.6) is 5.75 Å². The molecule has 0 saturated heterocycles. The average Bonchev–Trinajstić information content (AvgIpc) is 2.75. The number of hydrogen-bond acceptors (Lipinski definition) is 4.